The number of hydrogen-bond donors (Lipinski definition) is 1. The van der Waals surface area contributed by atoms with Crippen LogP contribution in [-0.2, 0) is 17.4 Å². The van der Waals surface area contributed by atoms with Gasteiger partial charge in [-0.3, -0.25) is 14.5 Å². The highest BCUT2D eigenvalue weighted by atomic mass is 31.0. The van der Waals surface area contributed by atoms with Gasteiger partial charge in [0, 0.05) is 44.5 Å². The summed E-state index contributed by atoms with van der Waals surface area (Å²) in [6, 6.07) is -0.896. The summed E-state index contributed by atoms with van der Waals surface area (Å²) in [6.07, 6.45) is -2.06. The third-order valence-corrected chi connectivity index (χ3v) is 8.62. The highest BCUT2D eigenvalue weighted by Crippen LogP contribution is 2.45. The number of halogens is 7. The molecule has 0 aromatic carbocycles. The number of aromatic nitrogens is 2. The molecule has 3 aliphatic rings. The van der Waals surface area contributed by atoms with Crippen molar-refractivity contribution in [1.82, 2.24) is 24.9 Å². The largest absolute Gasteiger partial charge is 0.422 e. The zero-order valence-electron chi connectivity index (χ0n) is 23.9. The van der Waals surface area contributed by atoms with Gasteiger partial charge in [-0.2, -0.15) is 27.1 Å². The molecule has 3 heterocycles. The predicted octanol–water partition coefficient (Wildman–Crippen LogP) is 4.61. The number of amides is 1. The van der Waals surface area contributed by atoms with E-state index in [2.05, 4.69) is 10.1 Å². The highest BCUT2D eigenvalue weighted by molar-refractivity contribution is 7.18. The van der Waals surface area contributed by atoms with E-state index in [0.717, 1.165) is 11.8 Å². The third kappa shape index (κ3) is 6.82. The van der Waals surface area contributed by atoms with Gasteiger partial charge >= 0.3 is 6.18 Å². The Morgan fingerprint density at radius 1 is 1.16 bits per heavy atom. The average molecular weight is 639 g/mol. The van der Waals surface area contributed by atoms with Crippen LogP contribution in [0, 0.1) is 5.92 Å². The Morgan fingerprint density at radius 2 is 1.79 bits per heavy atom. The Labute approximate surface area is 246 Å². The molecule has 2 fully saturated rings. The number of aromatic amines is 1. The molecule has 2 aliphatic heterocycles. The summed E-state index contributed by atoms with van der Waals surface area (Å²) in [5.41, 5.74) is -5.77. The van der Waals surface area contributed by atoms with Crippen molar-refractivity contribution in [2.45, 2.75) is 63.8 Å². The summed E-state index contributed by atoms with van der Waals surface area (Å²) >= 11 is 0. The second-order valence-electron chi connectivity index (χ2n) is 11.0. The molecule has 1 N–H and O–H groups in total. The van der Waals surface area contributed by atoms with Gasteiger partial charge in [0.05, 0.1) is 18.3 Å². The van der Waals surface area contributed by atoms with Crippen molar-refractivity contribution in [2.24, 2.45) is 10.9 Å². The lowest BCUT2D eigenvalue weighted by molar-refractivity contribution is -0.146. The number of nitrogens with zero attached hydrogens (tertiary/aromatic N) is 5. The SMILES string of the molecule is C/C=C(\C=N/C(=C(C)CC)N1CCN(C(=O)C2CN(C3CCc4c3n[nH]c(=O)c4C(F)(F)F)CC2(F)F)CC1)C(F)(F)P. The maximum absolute atomic E-state index is 15.2. The minimum Gasteiger partial charge on any atom is -0.353 e. The first-order valence-electron chi connectivity index (χ1n) is 13.9. The number of likely N-dealkylation sites (tertiary alicyclic amines) is 1. The van der Waals surface area contributed by atoms with Crippen molar-refractivity contribution in [1.29, 1.82) is 0 Å². The number of aliphatic imine (C=N–C) groups is 1. The lowest BCUT2D eigenvalue weighted by atomic mass is 10.0. The first kappa shape index (κ1) is 33.1. The Kier molecular flexibility index (Phi) is 9.47. The fraction of sp³-hybridized carbons (Fsp3) is 0.630. The third-order valence-electron chi connectivity index (χ3n) is 8.29. The monoisotopic (exact) mass is 638 g/mol. The highest BCUT2D eigenvalue weighted by Gasteiger charge is 2.55. The zero-order valence-corrected chi connectivity index (χ0v) is 25.1. The molecule has 0 saturated carbocycles. The standard InChI is InChI=1S/C27H34F7N6O2P/c1-4-15(3)22(35-12-16(5-2)27(33,34)43)38-8-10-39(11-9-38)24(42)18-13-40(14-25(18,28)29)19-7-6-17-20(26(30,31)32)23(41)37-36-21(17)19/h5,12,18-19H,4,6-11,13-14,43H2,1-3H3,(H,37,41)/b16-5+,22-15?,35-12-. The van der Waals surface area contributed by atoms with E-state index in [1.807, 2.05) is 23.8 Å². The van der Waals surface area contributed by atoms with E-state index >= 15 is 8.78 Å². The number of carbonyl (C=O) groups excluding carboxylic acids is 1. The summed E-state index contributed by atoms with van der Waals surface area (Å²) in [6.45, 7) is 4.65. The molecule has 3 unspecified atom stereocenters. The number of carbonyl (C=O) groups is 1. The minimum atomic E-state index is -4.92. The Hall–Kier alpha value is -2.80. The lowest BCUT2D eigenvalue weighted by Crippen LogP contribution is -2.52. The summed E-state index contributed by atoms with van der Waals surface area (Å²) in [7, 11) is 1.46. The molecule has 1 aromatic heterocycles. The van der Waals surface area contributed by atoms with Crippen molar-refractivity contribution in [2.75, 3.05) is 39.3 Å². The van der Waals surface area contributed by atoms with E-state index in [-0.39, 0.29) is 62.4 Å². The second-order valence-corrected chi connectivity index (χ2v) is 11.7. The van der Waals surface area contributed by atoms with Gasteiger partial charge in [0.15, 0.2) is 0 Å². The maximum Gasteiger partial charge on any atom is 0.422 e. The predicted molar refractivity (Wildman–Crippen MR) is 149 cm³/mol. The number of hydrogen-bond acceptors (Lipinski definition) is 6. The van der Waals surface area contributed by atoms with E-state index in [1.165, 1.54) is 32.0 Å². The summed E-state index contributed by atoms with van der Waals surface area (Å²) in [5.74, 6) is -5.44. The van der Waals surface area contributed by atoms with Crippen LogP contribution in [0.25, 0.3) is 0 Å². The number of fused-ring (bicyclic) bond motifs is 1. The van der Waals surface area contributed by atoms with Gasteiger partial charge in [0.25, 0.3) is 17.1 Å². The molecule has 238 valence electrons. The normalized spacial score (nSPS) is 24.1. The minimum absolute atomic E-state index is 0.0579. The summed E-state index contributed by atoms with van der Waals surface area (Å²) in [4.78, 5) is 33.9. The molecule has 0 bridgehead atoms. The van der Waals surface area contributed by atoms with Crippen LogP contribution in [0.5, 0.6) is 0 Å². The van der Waals surface area contributed by atoms with Crippen LogP contribution in [0.3, 0.4) is 0 Å². The number of nitrogens with one attached hydrogen (secondary N) is 1. The molecule has 1 aliphatic carbocycles. The van der Waals surface area contributed by atoms with Crippen LogP contribution < -0.4 is 5.56 Å². The smallest absolute Gasteiger partial charge is 0.353 e. The van der Waals surface area contributed by atoms with E-state index < -0.39 is 53.3 Å². The topological polar surface area (TPSA) is 84.9 Å². The molecular formula is C27H34F7N6O2P. The van der Waals surface area contributed by atoms with Gasteiger partial charge in [-0.15, -0.1) is 0 Å². The Balaban J connectivity index is 1.46. The number of piperazine rings is 1. The number of H-pyrrole nitrogens is 1. The van der Waals surface area contributed by atoms with Crippen LogP contribution in [0.4, 0.5) is 30.7 Å². The van der Waals surface area contributed by atoms with E-state index in [1.54, 1.807) is 0 Å². The molecule has 1 aromatic rings. The Bertz CT molecular complexity index is 1380. The number of rotatable bonds is 7. The summed E-state index contributed by atoms with van der Waals surface area (Å²) < 4.78 is 98.6. The van der Waals surface area contributed by atoms with Crippen molar-refractivity contribution < 1.29 is 35.5 Å². The van der Waals surface area contributed by atoms with E-state index in [0.29, 0.717) is 12.2 Å². The molecule has 0 radical (unpaired) electrons. The average Bonchev–Trinajstić information content (AvgIpc) is 3.48. The fourth-order valence-electron chi connectivity index (χ4n) is 5.87. The van der Waals surface area contributed by atoms with E-state index in [4.69, 9.17) is 0 Å². The zero-order chi connectivity index (χ0) is 31.9. The van der Waals surface area contributed by atoms with Gasteiger partial charge < -0.3 is 9.80 Å². The molecule has 0 spiro atoms. The number of alkyl halides is 7. The number of allylic oxidation sites excluding steroid dienone is 3. The van der Waals surface area contributed by atoms with Crippen LogP contribution in [0.2, 0.25) is 0 Å². The van der Waals surface area contributed by atoms with Crippen LogP contribution in [-0.4, -0.2) is 87.9 Å². The van der Waals surface area contributed by atoms with Gasteiger partial charge in [-0.05, 0) is 44.2 Å². The van der Waals surface area contributed by atoms with E-state index in [9.17, 15) is 31.5 Å². The quantitative estimate of drug-likeness (QED) is 0.268. The molecule has 4 rings (SSSR count). The van der Waals surface area contributed by atoms with Gasteiger partial charge in [0.2, 0.25) is 5.91 Å². The van der Waals surface area contributed by atoms with Crippen LogP contribution in [0.15, 0.2) is 32.8 Å². The first-order chi connectivity index (χ1) is 20.0. The van der Waals surface area contributed by atoms with Crippen LogP contribution >= 0.6 is 9.24 Å². The molecular weight excluding hydrogens is 604 g/mol. The maximum atomic E-state index is 15.2. The molecule has 1 amide bonds. The lowest BCUT2D eigenvalue weighted by Gasteiger charge is -2.38. The second kappa shape index (κ2) is 12.3. The van der Waals surface area contributed by atoms with Crippen molar-refractivity contribution in [3.63, 3.8) is 0 Å². The molecule has 16 heteroatoms. The van der Waals surface area contributed by atoms with Crippen LogP contribution in [0.1, 0.15) is 56.5 Å². The molecule has 3 atom stereocenters. The fourth-order valence-corrected chi connectivity index (χ4v) is 6.11. The van der Waals surface area contributed by atoms with Crippen molar-refractivity contribution in [3.8, 4) is 0 Å². The molecule has 43 heavy (non-hydrogen) atoms. The summed E-state index contributed by atoms with van der Waals surface area (Å²) in [5, 5.41) is 5.61. The Morgan fingerprint density at radius 3 is 2.35 bits per heavy atom. The molecule has 2 saturated heterocycles. The first-order valence-corrected chi connectivity index (χ1v) is 14.5. The van der Waals surface area contributed by atoms with Gasteiger partial charge in [-0.25, -0.2) is 18.9 Å². The van der Waals surface area contributed by atoms with Gasteiger partial charge in [-0.1, -0.05) is 22.2 Å². The van der Waals surface area contributed by atoms with Crippen molar-refractivity contribution >= 4 is 21.4 Å². The molecule has 8 nitrogen and oxygen atoms in total. The van der Waals surface area contributed by atoms with Crippen molar-refractivity contribution in [3.05, 3.63) is 50.2 Å². The van der Waals surface area contributed by atoms with Gasteiger partial charge in [0.1, 0.15) is 17.3 Å².